The smallest absolute Gasteiger partial charge is 0.187 e. The minimum Gasteiger partial charge on any atom is -0.394 e. The van der Waals surface area contributed by atoms with Crippen LogP contribution in [0.15, 0.2) is 0 Å². The van der Waals surface area contributed by atoms with Crippen LogP contribution in [0.1, 0.15) is 85.5 Å². The van der Waals surface area contributed by atoms with Crippen LogP contribution in [0, 0.1) is 52.3 Å². The largest absolute Gasteiger partial charge is 0.394 e. The highest BCUT2D eigenvalue weighted by atomic mass is 16.8. The lowest BCUT2D eigenvalue weighted by Crippen LogP contribution is -2.65. The van der Waals surface area contributed by atoms with E-state index in [1.807, 2.05) is 13.8 Å². The minimum absolute atomic E-state index is 0.0750. The van der Waals surface area contributed by atoms with E-state index < -0.39 is 129 Å². The van der Waals surface area contributed by atoms with Gasteiger partial charge >= 0.3 is 0 Å². The molecular formula is C45H76O20. The highest BCUT2D eigenvalue weighted by Gasteiger charge is 2.71. The normalized spacial score (nSPS) is 56.1. The summed E-state index contributed by atoms with van der Waals surface area (Å²) in [6.07, 6.45) is -17.3. The number of hydrogen-bond acceptors (Lipinski definition) is 20. The standard InChI is InChI=1S/C45H76O20/c1-18(17-59-40-37(56)34(53)31(50)26(14-46)61-40)7-10-45(58)19(2)30-25(65-45)12-24-22-6-5-20-11-21(8-9-43(20,3)23(22)13-29(49)44(24,30)4)60-42-39(36(55)33(52)28(16-48)63-42)64-41-38(57)35(54)32(51)27(15-47)62-41/h18-42,46-58H,5-17H2,1-4H3. The van der Waals surface area contributed by atoms with Crippen LogP contribution < -0.4 is 0 Å². The van der Waals surface area contributed by atoms with Gasteiger partial charge in [0, 0.05) is 23.7 Å². The molecule has 28 unspecified atom stereocenters. The summed E-state index contributed by atoms with van der Waals surface area (Å²) in [5, 5.41) is 137. The molecule has 8 rings (SSSR count). The number of hydrogen-bond donors (Lipinski definition) is 13. The molecule has 13 N–H and O–H groups in total. The molecule has 8 aliphatic rings. The number of aliphatic hydroxyl groups excluding tert-OH is 12. The lowest BCUT2D eigenvalue weighted by molar-refractivity contribution is -0.373. The first-order valence-corrected chi connectivity index (χ1v) is 24.0. The van der Waals surface area contributed by atoms with Gasteiger partial charge in [0.05, 0.1) is 44.7 Å². The Labute approximate surface area is 379 Å². The summed E-state index contributed by atoms with van der Waals surface area (Å²) in [7, 11) is 0. The Kier molecular flexibility index (Phi) is 15.1. The summed E-state index contributed by atoms with van der Waals surface area (Å²) in [4.78, 5) is 0. The third-order valence-corrected chi connectivity index (χ3v) is 18.1. The topological polar surface area (TPSA) is 328 Å². The maximum absolute atomic E-state index is 12.3. The number of rotatable bonds is 13. The average Bonchev–Trinajstić information content (AvgIpc) is 3.73. The third-order valence-electron chi connectivity index (χ3n) is 18.1. The molecule has 4 heterocycles. The zero-order chi connectivity index (χ0) is 47.1. The van der Waals surface area contributed by atoms with Gasteiger partial charge in [-0.2, -0.15) is 0 Å². The molecule has 0 radical (unpaired) electrons. The first kappa shape index (κ1) is 50.6. The second-order valence-corrected chi connectivity index (χ2v) is 21.5. The Bertz CT molecular complexity index is 1600. The summed E-state index contributed by atoms with van der Waals surface area (Å²) in [5.74, 6) is -0.943. The predicted molar refractivity (Wildman–Crippen MR) is 220 cm³/mol. The van der Waals surface area contributed by atoms with E-state index in [0.717, 1.165) is 25.7 Å². The summed E-state index contributed by atoms with van der Waals surface area (Å²) >= 11 is 0. The predicted octanol–water partition coefficient (Wildman–Crippen LogP) is -2.81. The molecule has 20 heteroatoms. The molecule has 0 bridgehead atoms. The third kappa shape index (κ3) is 8.78. The van der Waals surface area contributed by atoms with E-state index in [2.05, 4.69) is 13.8 Å². The van der Waals surface area contributed by atoms with E-state index >= 15 is 0 Å². The van der Waals surface area contributed by atoms with Gasteiger partial charge in [0.2, 0.25) is 0 Å². The molecule has 4 aliphatic carbocycles. The quantitative estimate of drug-likeness (QED) is 0.0829. The lowest BCUT2D eigenvalue weighted by Gasteiger charge is -2.62. The van der Waals surface area contributed by atoms with Crippen molar-refractivity contribution in [2.75, 3.05) is 26.4 Å². The molecule has 0 aromatic rings. The van der Waals surface area contributed by atoms with E-state index in [0.29, 0.717) is 38.0 Å². The number of fused-ring (bicyclic) bond motifs is 7. The summed E-state index contributed by atoms with van der Waals surface area (Å²) in [6.45, 7) is 6.70. The van der Waals surface area contributed by atoms with Crippen LogP contribution in [0.2, 0.25) is 0 Å². The Morgan fingerprint density at radius 1 is 0.646 bits per heavy atom. The van der Waals surface area contributed by atoms with Gasteiger partial charge in [-0.1, -0.05) is 27.7 Å². The maximum atomic E-state index is 12.3. The van der Waals surface area contributed by atoms with Crippen LogP contribution in [0.3, 0.4) is 0 Å². The van der Waals surface area contributed by atoms with Gasteiger partial charge in [0.15, 0.2) is 24.7 Å². The van der Waals surface area contributed by atoms with Crippen LogP contribution in [-0.4, -0.2) is 209 Å². The molecule has 4 saturated heterocycles. The second kappa shape index (κ2) is 19.4. The van der Waals surface area contributed by atoms with Crippen LogP contribution in [0.5, 0.6) is 0 Å². The van der Waals surface area contributed by atoms with E-state index in [-0.39, 0.29) is 59.7 Å². The first-order chi connectivity index (χ1) is 30.7. The van der Waals surface area contributed by atoms with Crippen molar-refractivity contribution in [1.29, 1.82) is 0 Å². The fourth-order valence-corrected chi connectivity index (χ4v) is 14.1. The second-order valence-electron chi connectivity index (χ2n) is 21.5. The zero-order valence-electron chi connectivity index (χ0n) is 37.8. The molecule has 376 valence electrons. The van der Waals surface area contributed by atoms with Gasteiger partial charge in [0.25, 0.3) is 0 Å². The zero-order valence-corrected chi connectivity index (χ0v) is 37.8. The molecule has 8 fully saturated rings. The summed E-state index contributed by atoms with van der Waals surface area (Å²) in [5.41, 5.74) is -0.618. The summed E-state index contributed by atoms with van der Waals surface area (Å²) in [6, 6.07) is 0. The average molecular weight is 937 g/mol. The fourth-order valence-electron chi connectivity index (χ4n) is 14.1. The number of aliphatic hydroxyl groups is 13. The van der Waals surface area contributed by atoms with E-state index in [4.69, 9.17) is 33.2 Å². The van der Waals surface area contributed by atoms with Gasteiger partial charge in [-0.05, 0) is 86.4 Å². The van der Waals surface area contributed by atoms with Crippen molar-refractivity contribution in [1.82, 2.24) is 0 Å². The van der Waals surface area contributed by atoms with Crippen molar-refractivity contribution in [2.45, 2.75) is 202 Å². The lowest BCUT2D eigenvalue weighted by atomic mass is 9.43. The van der Waals surface area contributed by atoms with E-state index in [1.165, 1.54) is 0 Å². The van der Waals surface area contributed by atoms with E-state index in [1.54, 1.807) is 0 Å². The van der Waals surface area contributed by atoms with Gasteiger partial charge < -0.3 is 99.5 Å². The van der Waals surface area contributed by atoms with Crippen LogP contribution in [-0.2, 0) is 33.2 Å². The molecule has 20 nitrogen and oxygen atoms in total. The fraction of sp³-hybridized carbons (Fsp3) is 1.00. The highest BCUT2D eigenvalue weighted by Crippen LogP contribution is 2.71. The summed E-state index contributed by atoms with van der Waals surface area (Å²) < 4.78 is 41.8. The molecule has 0 amide bonds. The SMILES string of the molecule is CC(CCC1(O)OC2CC3C4CCC5CC(OC6OC(CO)C(O)C(O)C6OC6OC(CO)C(O)C(O)C6O)CCC5(C)C4CC(O)C3(C)C2C1C)COC1OC(CO)C(O)C(O)C1O. The van der Waals surface area contributed by atoms with Crippen LogP contribution >= 0.6 is 0 Å². The van der Waals surface area contributed by atoms with Crippen molar-refractivity contribution >= 4 is 0 Å². The molecule has 4 saturated carbocycles. The molecular weight excluding hydrogens is 860 g/mol. The van der Waals surface area contributed by atoms with Gasteiger partial charge in [-0.15, -0.1) is 0 Å². The van der Waals surface area contributed by atoms with Crippen LogP contribution in [0.4, 0.5) is 0 Å². The molecule has 4 aliphatic heterocycles. The molecule has 0 aromatic heterocycles. The maximum Gasteiger partial charge on any atom is 0.187 e. The first-order valence-electron chi connectivity index (χ1n) is 24.0. The Morgan fingerprint density at radius 3 is 1.86 bits per heavy atom. The number of ether oxygens (including phenoxy) is 7. The minimum atomic E-state index is -1.77. The van der Waals surface area contributed by atoms with Gasteiger partial charge in [-0.3, -0.25) is 0 Å². The Morgan fingerprint density at radius 2 is 1.23 bits per heavy atom. The van der Waals surface area contributed by atoms with Crippen molar-refractivity contribution in [3.8, 4) is 0 Å². The van der Waals surface area contributed by atoms with Crippen molar-refractivity contribution < 1.29 is 99.5 Å². The Balaban J connectivity index is 0.886. The Hall–Kier alpha value is -0.800. The van der Waals surface area contributed by atoms with Crippen molar-refractivity contribution in [2.24, 2.45) is 52.3 Å². The monoisotopic (exact) mass is 936 g/mol. The highest BCUT2D eigenvalue weighted by molar-refractivity contribution is 5.17. The van der Waals surface area contributed by atoms with E-state index in [9.17, 15) is 66.4 Å². The van der Waals surface area contributed by atoms with Crippen molar-refractivity contribution in [3.05, 3.63) is 0 Å². The molecule has 65 heavy (non-hydrogen) atoms. The molecule has 0 aromatic carbocycles. The molecule has 28 atom stereocenters. The van der Waals surface area contributed by atoms with Crippen LogP contribution in [0.25, 0.3) is 0 Å². The molecule has 0 spiro atoms. The van der Waals surface area contributed by atoms with Gasteiger partial charge in [-0.25, -0.2) is 0 Å². The van der Waals surface area contributed by atoms with Crippen molar-refractivity contribution in [3.63, 3.8) is 0 Å². The van der Waals surface area contributed by atoms with Gasteiger partial charge in [0.1, 0.15) is 73.2 Å².